The Morgan fingerprint density at radius 1 is 0.960 bits per heavy atom. The Morgan fingerprint density at radius 2 is 1.60 bits per heavy atom. The smallest absolute Gasteiger partial charge is 0.339 e. The van der Waals surface area contributed by atoms with Gasteiger partial charge < -0.3 is 9.64 Å². The fourth-order valence-corrected chi connectivity index (χ4v) is 2.95. The van der Waals surface area contributed by atoms with Gasteiger partial charge in [0.2, 0.25) is 0 Å². The monoisotopic (exact) mass is 334 g/mol. The maximum Gasteiger partial charge on any atom is 0.339 e. The van der Waals surface area contributed by atoms with Gasteiger partial charge in [0.1, 0.15) is 5.60 Å². The summed E-state index contributed by atoms with van der Waals surface area (Å²) in [7, 11) is 3.98. The van der Waals surface area contributed by atoms with E-state index in [1.165, 1.54) is 0 Å². The number of esters is 1. The molecule has 128 valence electrons. The second-order valence-corrected chi connectivity index (χ2v) is 6.71. The number of benzene rings is 2. The number of carbonyl (C=O) groups excluding carboxylic acids is 1. The van der Waals surface area contributed by atoms with E-state index in [1.54, 1.807) is 12.4 Å². The number of rotatable bonds is 4. The molecule has 0 fully saturated rings. The quantitative estimate of drug-likeness (QED) is 0.664. The molecule has 0 spiro atoms. The van der Waals surface area contributed by atoms with Gasteiger partial charge in [-0.15, -0.1) is 0 Å². The van der Waals surface area contributed by atoms with Crippen molar-refractivity contribution in [2.45, 2.75) is 19.4 Å². The molecule has 0 saturated heterocycles. The maximum absolute atomic E-state index is 12.9. The molecule has 0 aliphatic rings. The third kappa shape index (κ3) is 3.33. The van der Waals surface area contributed by atoms with Crippen molar-refractivity contribution in [2.75, 3.05) is 19.0 Å². The molecule has 0 radical (unpaired) electrons. The van der Waals surface area contributed by atoms with Crippen LogP contribution in [0, 0.1) is 0 Å². The zero-order valence-electron chi connectivity index (χ0n) is 15.0. The zero-order chi connectivity index (χ0) is 18.0. The summed E-state index contributed by atoms with van der Waals surface area (Å²) in [5.41, 5.74) is 1.82. The van der Waals surface area contributed by atoms with Crippen molar-refractivity contribution in [3.05, 3.63) is 72.1 Å². The van der Waals surface area contributed by atoms with E-state index in [9.17, 15) is 4.79 Å². The molecule has 4 nitrogen and oxygen atoms in total. The Morgan fingerprint density at radius 3 is 2.24 bits per heavy atom. The largest absolute Gasteiger partial charge is 0.451 e. The molecule has 0 N–H and O–H groups in total. The highest BCUT2D eigenvalue weighted by atomic mass is 16.6. The average molecular weight is 334 g/mol. The van der Waals surface area contributed by atoms with E-state index in [0.717, 1.165) is 22.0 Å². The molecule has 0 atom stereocenters. The van der Waals surface area contributed by atoms with Crippen molar-refractivity contribution in [1.29, 1.82) is 0 Å². The summed E-state index contributed by atoms with van der Waals surface area (Å²) in [4.78, 5) is 18.9. The van der Waals surface area contributed by atoms with Gasteiger partial charge in [-0.25, -0.2) is 4.79 Å². The van der Waals surface area contributed by atoms with E-state index in [-0.39, 0.29) is 5.97 Å². The maximum atomic E-state index is 12.9. The van der Waals surface area contributed by atoms with E-state index in [4.69, 9.17) is 4.74 Å². The van der Waals surface area contributed by atoms with Gasteiger partial charge in [0.15, 0.2) is 0 Å². The lowest BCUT2D eigenvalue weighted by atomic mass is 9.98. The highest BCUT2D eigenvalue weighted by Crippen LogP contribution is 2.31. The Bertz CT molecular complexity index is 902. The van der Waals surface area contributed by atoms with Gasteiger partial charge in [0, 0.05) is 37.6 Å². The lowest BCUT2D eigenvalue weighted by molar-refractivity contribution is -0.00293. The molecule has 0 unspecified atom stereocenters. The average Bonchev–Trinajstić information content (AvgIpc) is 2.61. The molecular weight excluding hydrogens is 312 g/mol. The van der Waals surface area contributed by atoms with Crippen LogP contribution in [0.3, 0.4) is 0 Å². The molecule has 1 aromatic heterocycles. The van der Waals surface area contributed by atoms with Crippen molar-refractivity contribution in [3.63, 3.8) is 0 Å². The van der Waals surface area contributed by atoms with Gasteiger partial charge in [-0.2, -0.15) is 0 Å². The summed E-state index contributed by atoms with van der Waals surface area (Å²) < 4.78 is 5.84. The van der Waals surface area contributed by atoms with Crippen molar-refractivity contribution in [1.82, 2.24) is 4.98 Å². The molecule has 3 rings (SSSR count). The number of hydrogen-bond donors (Lipinski definition) is 0. The van der Waals surface area contributed by atoms with Crippen molar-refractivity contribution >= 4 is 22.4 Å². The normalized spacial score (nSPS) is 11.4. The Labute approximate surface area is 148 Å². The van der Waals surface area contributed by atoms with Crippen LogP contribution in [-0.4, -0.2) is 25.0 Å². The van der Waals surface area contributed by atoms with Crippen LogP contribution >= 0.6 is 0 Å². The van der Waals surface area contributed by atoms with Gasteiger partial charge in [0.25, 0.3) is 0 Å². The molecule has 0 bridgehead atoms. The molecule has 25 heavy (non-hydrogen) atoms. The van der Waals surface area contributed by atoms with E-state index in [2.05, 4.69) is 4.98 Å². The number of carbonyl (C=O) groups is 1. The predicted molar refractivity (Wildman–Crippen MR) is 101 cm³/mol. The van der Waals surface area contributed by atoms with Gasteiger partial charge in [-0.05, 0) is 49.1 Å². The van der Waals surface area contributed by atoms with Crippen LogP contribution in [0.25, 0.3) is 10.8 Å². The van der Waals surface area contributed by atoms with Gasteiger partial charge in [-0.1, -0.05) is 24.3 Å². The Hall–Kier alpha value is -2.88. The van der Waals surface area contributed by atoms with Gasteiger partial charge in [-0.3, -0.25) is 4.98 Å². The SMILES string of the molecule is CN(C)c1ccc(C(=O)OC(C)(C)c2ccncc2)c2ccccc12. The number of anilines is 1. The summed E-state index contributed by atoms with van der Waals surface area (Å²) in [5, 5.41) is 1.92. The minimum Gasteiger partial charge on any atom is -0.451 e. The fourth-order valence-electron chi connectivity index (χ4n) is 2.95. The Balaban J connectivity index is 2.00. The highest BCUT2D eigenvalue weighted by Gasteiger charge is 2.27. The molecule has 0 aliphatic carbocycles. The summed E-state index contributed by atoms with van der Waals surface area (Å²) in [6.07, 6.45) is 3.40. The first-order valence-electron chi connectivity index (χ1n) is 8.23. The van der Waals surface area contributed by atoms with Gasteiger partial charge >= 0.3 is 5.97 Å². The van der Waals surface area contributed by atoms with Crippen LogP contribution in [0.2, 0.25) is 0 Å². The minimum atomic E-state index is -0.735. The Kier molecular flexibility index (Phi) is 4.45. The zero-order valence-corrected chi connectivity index (χ0v) is 15.0. The van der Waals surface area contributed by atoms with Crippen molar-refractivity contribution in [2.24, 2.45) is 0 Å². The first-order valence-corrected chi connectivity index (χ1v) is 8.23. The first-order chi connectivity index (χ1) is 11.9. The van der Waals surface area contributed by atoms with E-state index < -0.39 is 5.60 Å². The van der Waals surface area contributed by atoms with Crippen LogP contribution in [0.5, 0.6) is 0 Å². The fraction of sp³-hybridized carbons (Fsp3) is 0.238. The van der Waals surface area contributed by atoms with Crippen LogP contribution < -0.4 is 4.90 Å². The van der Waals surface area contributed by atoms with Crippen LogP contribution in [0.15, 0.2) is 60.9 Å². The van der Waals surface area contributed by atoms with Crippen LogP contribution in [0.4, 0.5) is 5.69 Å². The number of ether oxygens (including phenoxy) is 1. The molecule has 0 aliphatic heterocycles. The summed E-state index contributed by atoms with van der Waals surface area (Å²) in [6, 6.07) is 15.4. The number of hydrogen-bond acceptors (Lipinski definition) is 4. The molecule has 1 heterocycles. The second-order valence-electron chi connectivity index (χ2n) is 6.71. The third-order valence-electron chi connectivity index (χ3n) is 4.33. The standard InChI is InChI=1S/C21H22N2O2/c1-21(2,15-11-13-22-14-12-15)25-20(24)18-9-10-19(23(3)4)17-8-6-5-7-16(17)18/h5-14H,1-4H3. The lowest BCUT2D eigenvalue weighted by Gasteiger charge is -2.26. The molecule has 2 aromatic carbocycles. The second kappa shape index (κ2) is 6.55. The first kappa shape index (κ1) is 17.0. The minimum absolute atomic E-state index is 0.330. The third-order valence-corrected chi connectivity index (χ3v) is 4.33. The van der Waals surface area contributed by atoms with Gasteiger partial charge in [0.05, 0.1) is 5.56 Å². The van der Waals surface area contributed by atoms with Crippen LogP contribution in [-0.2, 0) is 10.3 Å². The molecular formula is C21H22N2O2. The number of fused-ring (bicyclic) bond motifs is 1. The molecule has 4 heteroatoms. The van der Waals surface area contributed by atoms with Crippen molar-refractivity contribution < 1.29 is 9.53 Å². The molecule has 0 amide bonds. The highest BCUT2D eigenvalue weighted by molar-refractivity contribution is 6.08. The summed E-state index contributed by atoms with van der Waals surface area (Å²) in [6.45, 7) is 3.77. The topological polar surface area (TPSA) is 42.4 Å². The molecule has 3 aromatic rings. The summed E-state index contributed by atoms with van der Waals surface area (Å²) in [5.74, 6) is -0.330. The number of pyridine rings is 1. The summed E-state index contributed by atoms with van der Waals surface area (Å²) >= 11 is 0. The van der Waals surface area contributed by atoms with Crippen LogP contribution in [0.1, 0.15) is 29.8 Å². The van der Waals surface area contributed by atoms with E-state index in [0.29, 0.717) is 5.56 Å². The number of nitrogens with zero attached hydrogens (tertiary/aromatic N) is 2. The molecule has 0 saturated carbocycles. The predicted octanol–water partition coefficient (Wildman–Crippen LogP) is 4.39. The number of aromatic nitrogens is 1. The van der Waals surface area contributed by atoms with E-state index in [1.807, 2.05) is 81.4 Å². The van der Waals surface area contributed by atoms with Crippen molar-refractivity contribution in [3.8, 4) is 0 Å². The lowest BCUT2D eigenvalue weighted by Crippen LogP contribution is -2.26. The van der Waals surface area contributed by atoms with E-state index >= 15 is 0 Å².